The van der Waals surface area contributed by atoms with Crippen molar-refractivity contribution in [2.75, 3.05) is 0 Å². The number of rotatable bonds is 4. The van der Waals surface area contributed by atoms with Gasteiger partial charge in [-0.2, -0.15) is 0 Å². The van der Waals surface area contributed by atoms with Crippen LogP contribution in [-0.2, 0) is 13.9 Å². The van der Waals surface area contributed by atoms with E-state index < -0.39 is 32.1 Å². The van der Waals surface area contributed by atoms with Gasteiger partial charge in [0.15, 0.2) is 6.10 Å². The molecule has 0 rings (SSSR count). The Morgan fingerprint density at radius 3 is 2.00 bits per heavy atom. The summed E-state index contributed by atoms with van der Waals surface area (Å²) in [5.74, 6) is -1.70. The summed E-state index contributed by atoms with van der Waals surface area (Å²) in [5, 5.41) is 26.5. The maximum absolute atomic E-state index is 10.7. The first-order chi connectivity index (χ1) is 6.15. The summed E-state index contributed by atoms with van der Waals surface area (Å²) < 4.78 is 13.6. The summed E-state index contributed by atoms with van der Waals surface area (Å²) in [6, 6.07) is 0. The van der Waals surface area contributed by atoms with Crippen LogP contribution in [0.4, 0.5) is 0 Å². The van der Waals surface area contributed by atoms with Crippen LogP contribution < -0.4 is 0 Å². The van der Waals surface area contributed by atoms with Gasteiger partial charge in [0.05, 0.1) is 6.10 Å². The second-order valence-electron chi connectivity index (χ2n) is 2.58. The molecule has 3 atom stereocenters. The molecule has 0 heterocycles. The Balaban J connectivity index is 4.34. The zero-order valence-electron chi connectivity index (χ0n) is 7.14. The molecule has 0 amide bonds. The molecule has 0 aliphatic heterocycles. The van der Waals surface area contributed by atoms with Crippen LogP contribution in [0.2, 0.25) is 0 Å². The van der Waals surface area contributed by atoms with Crippen LogP contribution >= 0.6 is 7.82 Å². The maximum atomic E-state index is 10.7. The summed E-state index contributed by atoms with van der Waals surface area (Å²) in [4.78, 5) is 27.0. The average Bonchev–Trinajstić information content (AvgIpc) is 1.98. The van der Waals surface area contributed by atoms with Crippen molar-refractivity contribution in [3.63, 3.8) is 0 Å². The lowest BCUT2D eigenvalue weighted by atomic mass is 10.1. The Labute approximate surface area is 79.0 Å². The Bertz CT molecular complexity index is 244. The van der Waals surface area contributed by atoms with Gasteiger partial charge in [0, 0.05) is 0 Å². The molecule has 0 aromatic heterocycles. The zero-order valence-corrected chi connectivity index (χ0v) is 8.03. The van der Waals surface area contributed by atoms with E-state index in [1.807, 2.05) is 0 Å². The maximum Gasteiger partial charge on any atom is 0.527 e. The van der Waals surface area contributed by atoms with Crippen LogP contribution in [0.1, 0.15) is 6.92 Å². The molecule has 0 radical (unpaired) electrons. The third-order valence-electron chi connectivity index (χ3n) is 1.27. The number of aliphatic hydroxyl groups is 3. The average molecular weight is 230 g/mol. The van der Waals surface area contributed by atoms with Crippen LogP contribution in [0, 0.1) is 0 Å². The number of hydrogen-bond donors (Lipinski definition) is 5. The number of aliphatic hydroxyl groups excluding tert-OH is 3. The molecule has 9 heteroatoms. The standard InChI is InChI=1S/C5H11O8P/c1-2(6)3(7)4(8)5(9)13-14(10,11)12/h2-4,6-8H,1H3,(H2,10,11,12)/t2-,3+,4-/m1/s1. The SMILES string of the molecule is C[C@@H](O)[C@H](O)[C@@H](O)C(=O)OP(=O)(O)O. The van der Waals surface area contributed by atoms with Crippen molar-refractivity contribution in [3.05, 3.63) is 0 Å². The minimum atomic E-state index is -5.05. The Morgan fingerprint density at radius 1 is 1.29 bits per heavy atom. The van der Waals surface area contributed by atoms with Crippen LogP contribution in [0.5, 0.6) is 0 Å². The molecule has 0 fully saturated rings. The normalized spacial score (nSPS) is 18.4. The lowest BCUT2D eigenvalue weighted by Crippen LogP contribution is -2.41. The largest absolute Gasteiger partial charge is 0.527 e. The number of hydrogen-bond acceptors (Lipinski definition) is 6. The fourth-order valence-corrected chi connectivity index (χ4v) is 0.917. The van der Waals surface area contributed by atoms with Crippen LogP contribution in [0.25, 0.3) is 0 Å². The molecule has 0 aliphatic carbocycles. The molecule has 5 N–H and O–H groups in total. The van der Waals surface area contributed by atoms with E-state index >= 15 is 0 Å². The smallest absolute Gasteiger partial charge is 0.391 e. The fourth-order valence-electron chi connectivity index (χ4n) is 0.574. The van der Waals surface area contributed by atoms with Gasteiger partial charge in [-0.1, -0.05) is 0 Å². The highest BCUT2D eigenvalue weighted by molar-refractivity contribution is 7.46. The number of carbonyl (C=O) groups is 1. The first-order valence-corrected chi connectivity index (χ1v) is 5.01. The van der Waals surface area contributed by atoms with Gasteiger partial charge in [-0.05, 0) is 6.92 Å². The molecule has 84 valence electrons. The number of phosphoric ester groups is 1. The quantitative estimate of drug-likeness (QED) is 0.340. The van der Waals surface area contributed by atoms with Gasteiger partial charge in [0.25, 0.3) is 0 Å². The Hall–Kier alpha value is -0.500. The predicted octanol–water partition coefficient (Wildman–Crippen LogP) is -2.28. The van der Waals surface area contributed by atoms with E-state index in [2.05, 4.69) is 4.52 Å². The van der Waals surface area contributed by atoms with Gasteiger partial charge in [-0.15, -0.1) is 0 Å². The van der Waals surface area contributed by atoms with Gasteiger partial charge >= 0.3 is 13.8 Å². The van der Waals surface area contributed by atoms with E-state index in [1.54, 1.807) is 0 Å². The van der Waals surface area contributed by atoms with E-state index in [1.165, 1.54) is 0 Å². The van der Waals surface area contributed by atoms with Crippen molar-refractivity contribution in [1.29, 1.82) is 0 Å². The van der Waals surface area contributed by atoms with Gasteiger partial charge in [0.1, 0.15) is 6.10 Å². The second kappa shape index (κ2) is 4.83. The van der Waals surface area contributed by atoms with E-state index in [4.69, 9.17) is 25.1 Å². The van der Waals surface area contributed by atoms with Gasteiger partial charge in [-0.3, -0.25) is 9.79 Å². The second-order valence-corrected chi connectivity index (χ2v) is 3.74. The van der Waals surface area contributed by atoms with Crippen molar-refractivity contribution < 1.29 is 39.0 Å². The molecule has 0 saturated carbocycles. The Morgan fingerprint density at radius 2 is 1.71 bits per heavy atom. The van der Waals surface area contributed by atoms with Crippen LogP contribution in [0.3, 0.4) is 0 Å². The minimum Gasteiger partial charge on any atom is -0.391 e. The van der Waals surface area contributed by atoms with Crippen molar-refractivity contribution in [2.24, 2.45) is 0 Å². The van der Waals surface area contributed by atoms with E-state index in [9.17, 15) is 9.36 Å². The molecular weight excluding hydrogens is 219 g/mol. The highest BCUT2D eigenvalue weighted by Gasteiger charge is 2.33. The first kappa shape index (κ1) is 13.5. The first-order valence-electron chi connectivity index (χ1n) is 3.48. The highest BCUT2D eigenvalue weighted by atomic mass is 31.2. The van der Waals surface area contributed by atoms with E-state index in [0.29, 0.717) is 0 Å². The van der Waals surface area contributed by atoms with Crippen molar-refractivity contribution >= 4 is 13.8 Å². The molecular formula is C5H11O8P. The van der Waals surface area contributed by atoms with E-state index in [-0.39, 0.29) is 0 Å². The highest BCUT2D eigenvalue weighted by Crippen LogP contribution is 2.36. The molecule has 0 unspecified atom stereocenters. The molecule has 0 aromatic rings. The van der Waals surface area contributed by atoms with Gasteiger partial charge < -0.3 is 19.8 Å². The van der Waals surface area contributed by atoms with Gasteiger partial charge in [0.2, 0.25) is 0 Å². The minimum absolute atomic E-state index is 1.08. The molecule has 8 nitrogen and oxygen atoms in total. The lowest BCUT2D eigenvalue weighted by molar-refractivity contribution is -0.155. The van der Waals surface area contributed by atoms with Crippen molar-refractivity contribution in [2.45, 2.75) is 25.2 Å². The van der Waals surface area contributed by atoms with Crippen molar-refractivity contribution in [1.82, 2.24) is 0 Å². The molecule has 0 saturated heterocycles. The van der Waals surface area contributed by atoms with Crippen molar-refractivity contribution in [3.8, 4) is 0 Å². The third-order valence-corrected chi connectivity index (χ3v) is 1.69. The summed E-state index contributed by atoms with van der Waals surface area (Å²) in [6.45, 7) is 1.08. The molecule has 0 bridgehead atoms. The zero-order chi connectivity index (χ0) is 11.5. The van der Waals surface area contributed by atoms with Crippen LogP contribution in [0.15, 0.2) is 0 Å². The monoisotopic (exact) mass is 230 g/mol. The molecule has 0 aromatic carbocycles. The lowest BCUT2D eigenvalue weighted by Gasteiger charge is -2.18. The number of phosphoric acid groups is 1. The predicted molar refractivity (Wildman–Crippen MR) is 41.8 cm³/mol. The molecule has 14 heavy (non-hydrogen) atoms. The third kappa shape index (κ3) is 4.66. The van der Waals surface area contributed by atoms with E-state index in [0.717, 1.165) is 6.92 Å². The summed E-state index contributed by atoms with van der Waals surface area (Å²) in [6.07, 6.45) is -5.51. The van der Waals surface area contributed by atoms with Gasteiger partial charge in [-0.25, -0.2) is 9.36 Å². The fraction of sp³-hybridized carbons (Fsp3) is 0.800. The summed E-state index contributed by atoms with van der Waals surface area (Å²) in [7, 11) is -5.05. The number of carbonyl (C=O) groups excluding carboxylic acids is 1. The molecule has 0 spiro atoms. The summed E-state index contributed by atoms with van der Waals surface area (Å²) in [5.41, 5.74) is 0. The molecule has 0 aliphatic rings. The Kier molecular flexibility index (Phi) is 4.66. The summed E-state index contributed by atoms with van der Waals surface area (Å²) >= 11 is 0. The topological polar surface area (TPSA) is 145 Å². The van der Waals surface area contributed by atoms with Crippen LogP contribution in [-0.4, -0.2) is 49.4 Å².